The van der Waals surface area contributed by atoms with Crippen molar-refractivity contribution in [2.45, 2.75) is 12.7 Å². The number of rotatable bonds is 5. The number of alkyl halides is 3. The van der Waals surface area contributed by atoms with Gasteiger partial charge in [0.15, 0.2) is 17.0 Å². The fourth-order valence-corrected chi connectivity index (χ4v) is 3.53. The van der Waals surface area contributed by atoms with Crippen molar-refractivity contribution in [2.75, 3.05) is 5.32 Å². The van der Waals surface area contributed by atoms with Crippen LogP contribution in [0.4, 0.5) is 23.2 Å². The minimum Gasteiger partial charge on any atom is -0.318 e. The molecule has 3 aromatic heterocycles. The van der Waals surface area contributed by atoms with Gasteiger partial charge in [-0.15, -0.1) is 0 Å². The van der Waals surface area contributed by atoms with Crippen LogP contribution in [0.5, 0.6) is 0 Å². The van der Waals surface area contributed by atoms with Crippen molar-refractivity contribution in [2.24, 2.45) is 0 Å². The van der Waals surface area contributed by atoms with E-state index in [4.69, 9.17) is 0 Å². The number of nitrogens with one attached hydrogen (secondary N) is 1. The lowest BCUT2D eigenvalue weighted by Gasteiger charge is -2.10. The molecule has 0 bridgehead atoms. The number of carbonyl (C=O) groups excluding carboxylic acids is 1. The predicted octanol–water partition coefficient (Wildman–Crippen LogP) is 5.05. The first-order valence-corrected chi connectivity index (χ1v) is 10.4. The molecule has 0 unspecified atom stereocenters. The zero-order chi connectivity index (χ0) is 24.6. The Labute approximate surface area is 195 Å². The molecular formula is C24H16F4N6O. The van der Waals surface area contributed by atoms with Gasteiger partial charge in [0, 0.05) is 17.8 Å². The van der Waals surface area contributed by atoms with Gasteiger partial charge in [0.1, 0.15) is 5.82 Å². The molecule has 3 heterocycles. The summed E-state index contributed by atoms with van der Waals surface area (Å²) >= 11 is 0. The van der Waals surface area contributed by atoms with Crippen LogP contribution in [0.25, 0.3) is 16.9 Å². The minimum absolute atomic E-state index is 0.111. The van der Waals surface area contributed by atoms with Gasteiger partial charge in [-0.3, -0.25) is 9.48 Å². The summed E-state index contributed by atoms with van der Waals surface area (Å²) < 4.78 is 56.5. The molecule has 7 nitrogen and oxygen atoms in total. The molecular weight excluding hydrogens is 464 g/mol. The van der Waals surface area contributed by atoms with Gasteiger partial charge in [-0.25, -0.2) is 13.9 Å². The number of hydrogen-bond acceptors (Lipinski definition) is 4. The molecule has 35 heavy (non-hydrogen) atoms. The molecule has 2 aromatic carbocycles. The van der Waals surface area contributed by atoms with Crippen LogP contribution in [0.2, 0.25) is 0 Å². The van der Waals surface area contributed by atoms with Crippen LogP contribution in [-0.4, -0.2) is 30.3 Å². The lowest BCUT2D eigenvalue weighted by Crippen LogP contribution is -2.15. The summed E-state index contributed by atoms with van der Waals surface area (Å²) in [4.78, 5) is 17.0. The first-order chi connectivity index (χ1) is 16.8. The third-order valence-corrected chi connectivity index (χ3v) is 5.17. The molecule has 0 spiro atoms. The Morgan fingerprint density at radius 2 is 1.74 bits per heavy atom. The molecule has 0 fully saturated rings. The second-order valence-electron chi connectivity index (χ2n) is 7.70. The highest BCUT2D eigenvalue weighted by Gasteiger charge is 2.35. The Morgan fingerprint density at radius 3 is 2.46 bits per heavy atom. The predicted molar refractivity (Wildman–Crippen MR) is 119 cm³/mol. The summed E-state index contributed by atoms with van der Waals surface area (Å²) in [5.41, 5.74) is 0.333. The summed E-state index contributed by atoms with van der Waals surface area (Å²) in [6.07, 6.45) is -1.78. The lowest BCUT2D eigenvalue weighted by atomic mass is 10.1. The maximum atomic E-state index is 13.8. The van der Waals surface area contributed by atoms with Gasteiger partial charge in [-0.05, 0) is 23.8 Å². The first-order valence-electron chi connectivity index (χ1n) is 10.4. The Bertz CT molecular complexity index is 1510. The summed E-state index contributed by atoms with van der Waals surface area (Å²) in [5, 5.41) is 10.6. The molecule has 0 saturated heterocycles. The highest BCUT2D eigenvalue weighted by molar-refractivity contribution is 6.03. The molecule has 0 aliphatic rings. The first kappa shape index (κ1) is 22.3. The van der Waals surface area contributed by atoms with E-state index in [1.165, 1.54) is 29.1 Å². The third kappa shape index (κ3) is 4.74. The van der Waals surface area contributed by atoms with Gasteiger partial charge < -0.3 is 5.32 Å². The van der Waals surface area contributed by atoms with E-state index in [1.807, 2.05) is 0 Å². The Kier molecular flexibility index (Phi) is 5.51. The van der Waals surface area contributed by atoms with Crippen molar-refractivity contribution in [1.29, 1.82) is 0 Å². The minimum atomic E-state index is -4.72. The van der Waals surface area contributed by atoms with E-state index < -0.39 is 17.8 Å². The van der Waals surface area contributed by atoms with Crippen molar-refractivity contribution in [1.82, 2.24) is 24.4 Å². The average Bonchev–Trinajstić information content (AvgIpc) is 3.46. The van der Waals surface area contributed by atoms with E-state index in [0.29, 0.717) is 22.3 Å². The van der Waals surface area contributed by atoms with Crippen LogP contribution in [-0.2, 0) is 12.7 Å². The van der Waals surface area contributed by atoms with E-state index in [-0.39, 0.29) is 22.9 Å². The second kappa shape index (κ2) is 8.67. The van der Waals surface area contributed by atoms with Gasteiger partial charge in [0.25, 0.3) is 5.91 Å². The van der Waals surface area contributed by atoms with E-state index in [0.717, 1.165) is 11.6 Å². The molecule has 0 saturated carbocycles. The lowest BCUT2D eigenvalue weighted by molar-refractivity contribution is -0.142. The second-order valence-corrected chi connectivity index (χ2v) is 7.70. The molecule has 1 amide bonds. The Hall–Kier alpha value is -4.54. The van der Waals surface area contributed by atoms with Crippen LogP contribution < -0.4 is 5.32 Å². The number of fused-ring (bicyclic) bond motifs is 1. The zero-order valence-electron chi connectivity index (χ0n) is 17.9. The topological polar surface area (TPSA) is 77.1 Å². The van der Waals surface area contributed by atoms with Crippen LogP contribution >= 0.6 is 0 Å². The van der Waals surface area contributed by atoms with E-state index in [9.17, 15) is 22.4 Å². The van der Waals surface area contributed by atoms with Gasteiger partial charge >= 0.3 is 6.18 Å². The van der Waals surface area contributed by atoms with Gasteiger partial charge in [-0.1, -0.05) is 42.5 Å². The standard InChI is InChI=1S/C24H16F4N6O/c25-17-8-6-15(7-9-17)13-33-14-18(12-29-33)30-23(35)20-11-22-31-19(16-4-2-1-3-5-16)10-21(24(26,27)28)34(22)32-20/h1-12,14H,13H2,(H,30,35). The smallest absolute Gasteiger partial charge is 0.318 e. The zero-order valence-corrected chi connectivity index (χ0v) is 17.9. The van der Waals surface area contributed by atoms with Gasteiger partial charge in [-0.2, -0.15) is 23.4 Å². The average molecular weight is 480 g/mol. The highest BCUT2D eigenvalue weighted by Crippen LogP contribution is 2.32. The van der Waals surface area contributed by atoms with Crippen molar-refractivity contribution in [3.05, 3.63) is 102 Å². The molecule has 0 aliphatic heterocycles. The van der Waals surface area contributed by atoms with Gasteiger partial charge in [0.05, 0.1) is 24.1 Å². The fraction of sp³-hybridized carbons (Fsp3) is 0.0833. The van der Waals surface area contributed by atoms with Crippen LogP contribution in [0.3, 0.4) is 0 Å². The maximum absolute atomic E-state index is 13.8. The molecule has 1 N–H and O–H groups in total. The summed E-state index contributed by atoms with van der Waals surface area (Å²) in [7, 11) is 0. The fourth-order valence-electron chi connectivity index (χ4n) is 3.53. The number of halogens is 4. The summed E-state index contributed by atoms with van der Waals surface area (Å²) in [6, 6.07) is 16.4. The number of carbonyl (C=O) groups is 1. The normalized spacial score (nSPS) is 11.7. The maximum Gasteiger partial charge on any atom is 0.433 e. The quantitative estimate of drug-likeness (QED) is 0.357. The van der Waals surface area contributed by atoms with E-state index >= 15 is 0 Å². The number of hydrogen-bond donors (Lipinski definition) is 1. The van der Waals surface area contributed by atoms with E-state index in [1.54, 1.807) is 48.7 Å². The SMILES string of the molecule is O=C(Nc1cnn(Cc2ccc(F)cc2)c1)c1cc2nc(-c3ccccc3)cc(C(F)(F)F)n2n1. The number of benzene rings is 2. The number of nitrogens with zero attached hydrogens (tertiary/aromatic N) is 5. The summed E-state index contributed by atoms with van der Waals surface area (Å²) in [6.45, 7) is 0.339. The number of amides is 1. The molecule has 176 valence electrons. The largest absolute Gasteiger partial charge is 0.433 e. The van der Waals surface area contributed by atoms with Crippen molar-refractivity contribution in [3.63, 3.8) is 0 Å². The van der Waals surface area contributed by atoms with Gasteiger partial charge in [0.2, 0.25) is 0 Å². The van der Waals surface area contributed by atoms with Crippen LogP contribution in [0, 0.1) is 5.82 Å². The third-order valence-electron chi connectivity index (χ3n) is 5.17. The molecule has 11 heteroatoms. The Balaban J connectivity index is 1.41. The van der Waals surface area contributed by atoms with E-state index in [2.05, 4.69) is 20.5 Å². The summed E-state index contributed by atoms with van der Waals surface area (Å²) in [5.74, 6) is -1.07. The highest BCUT2D eigenvalue weighted by atomic mass is 19.4. The molecule has 5 aromatic rings. The van der Waals surface area contributed by atoms with Crippen LogP contribution in [0.1, 0.15) is 21.7 Å². The number of aromatic nitrogens is 5. The monoisotopic (exact) mass is 480 g/mol. The number of anilines is 1. The Morgan fingerprint density at radius 1 is 1.00 bits per heavy atom. The molecule has 0 aliphatic carbocycles. The van der Waals surface area contributed by atoms with Crippen molar-refractivity contribution >= 4 is 17.2 Å². The molecule has 5 rings (SSSR count). The molecule has 0 atom stereocenters. The molecule has 0 radical (unpaired) electrons. The van der Waals surface area contributed by atoms with Crippen LogP contribution in [0.15, 0.2) is 79.1 Å². The van der Waals surface area contributed by atoms with Crippen molar-refractivity contribution < 1.29 is 22.4 Å². The van der Waals surface area contributed by atoms with Crippen molar-refractivity contribution in [3.8, 4) is 11.3 Å².